The molecule has 1 fully saturated rings. The van der Waals surface area contributed by atoms with Crippen molar-refractivity contribution in [1.29, 1.82) is 0 Å². The molecule has 1 aromatic rings. The van der Waals surface area contributed by atoms with E-state index in [0.717, 1.165) is 51.4 Å². The van der Waals surface area contributed by atoms with Crippen molar-refractivity contribution in [2.45, 2.75) is 33.2 Å². The van der Waals surface area contributed by atoms with Crippen LogP contribution >= 0.6 is 0 Å². The molecule has 0 aliphatic carbocycles. The number of carbonyl (C=O) groups is 1. The van der Waals surface area contributed by atoms with Crippen LogP contribution in [0.4, 0.5) is 0 Å². The second kappa shape index (κ2) is 6.70. The molecule has 2 heterocycles. The molecule has 1 saturated heterocycles. The first-order valence-electron chi connectivity index (χ1n) is 7.29. The van der Waals surface area contributed by atoms with Gasteiger partial charge in [-0.2, -0.15) is 5.10 Å². The van der Waals surface area contributed by atoms with Gasteiger partial charge >= 0.3 is 0 Å². The predicted octanol–water partition coefficient (Wildman–Crippen LogP) is 1.46. The number of aromatic nitrogens is 2. The molecule has 0 saturated carbocycles. The lowest BCUT2D eigenvalue weighted by Gasteiger charge is -2.34. The Balaban J connectivity index is 1.95. The lowest BCUT2D eigenvalue weighted by atomic mass is 10.2. The molecule has 0 spiro atoms. The van der Waals surface area contributed by atoms with Crippen molar-refractivity contribution < 1.29 is 4.79 Å². The summed E-state index contributed by atoms with van der Waals surface area (Å²) in [5.41, 5.74) is 0.728. The maximum Gasteiger partial charge on any atom is 0.272 e. The first-order chi connectivity index (χ1) is 9.26. The topological polar surface area (TPSA) is 41.4 Å². The van der Waals surface area contributed by atoms with Crippen molar-refractivity contribution in [2.75, 3.05) is 32.7 Å². The van der Waals surface area contributed by atoms with Crippen LogP contribution in [0.2, 0.25) is 0 Å². The van der Waals surface area contributed by atoms with Gasteiger partial charge in [-0.25, -0.2) is 0 Å². The third-order valence-corrected chi connectivity index (χ3v) is 3.57. The maximum atomic E-state index is 12.5. The molecule has 1 aliphatic heterocycles. The molecule has 5 nitrogen and oxygen atoms in total. The fourth-order valence-electron chi connectivity index (χ4n) is 2.56. The van der Waals surface area contributed by atoms with E-state index >= 15 is 0 Å². The number of aryl methyl sites for hydroxylation is 1. The standard InChI is InChI=1S/C14H24N4O/c1-3-7-16-9-11-17(12-10-16)14(19)13-5-6-15-18(13)8-4-2/h5-6H,3-4,7-12H2,1-2H3. The Labute approximate surface area is 115 Å². The van der Waals surface area contributed by atoms with E-state index in [0.29, 0.717) is 0 Å². The van der Waals surface area contributed by atoms with E-state index in [1.165, 1.54) is 6.42 Å². The molecule has 106 valence electrons. The lowest BCUT2D eigenvalue weighted by Crippen LogP contribution is -2.49. The highest BCUT2D eigenvalue weighted by molar-refractivity contribution is 5.92. The zero-order valence-electron chi connectivity index (χ0n) is 12.0. The quantitative estimate of drug-likeness (QED) is 0.808. The van der Waals surface area contributed by atoms with Crippen LogP contribution in [0, 0.1) is 0 Å². The fourth-order valence-corrected chi connectivity index (χ4v) is 2.56. The van der Waals surface area contributed by atoms with Gasteiger partial charge in [0.2, 0.25) is 0 Å². The Bertz CT molecular complexity index is 407. The van der Waals surface area contributed by atoms with Gasteiger partial charge in [-0.3, -0.25) is 14.4 Å². The van der Waals surface area contributed by atoms with Crippen molar-refractivity contribution in [1.82, 2.24) is 19.6 Å². The molecular formula is C14H24N4O. The first kappa shape index (κ1) is 14.1. The number of nitrogens with zero attached hydrogens (tertiary/aromatic N) is 4. The van der Waals surface area contributed by atoms with Crippen molar-refractivity contribution in [3.05, 3.63) is 18.0 Å². The minimum atomic E-state index is 0.127. The molecule has 0 atom stereocenters. The van der Waals surface area contributed by atoms with Crippen molar-refractivity contribution >= 4 is 5.91 Å². The van der Waals surface area contributed by atoms with Gasteiger partial charge in [-0.15, -0.1) is 0 Å². The maximum absolute atomic E-state index is 12.5. The van der Waals surface area contributed by atoms with E-state index in [1.54, 1.807) is 6.20 Å². The van der Waals surface area contributed by atoms with Crippen LogP contribution in [0.15, 0.2) is 12.3 Å². The highest BCUT2D eigenvalue weighted by atomic mass is 16.2. The average Bonchev–Trinajstić information content (AvgIpc) is 2.88. The van der Waals surface area contributed by atoms with Crippen molar-refractivity contribution in [2.24, 2.45) is 0 Å². The van der Waals surface area contributed by atoms with Crippen molar-refractivity contribution in [3.63, 3.8) is 0 Å². The average molecular weight is 264 g/mol. The van der Waals surface area contributed by atoms with Crippen LogP contribution in [0.1, 0.15) is 37.2 Å². The van der Waals surface area contributed by atoms with E-state index in [-0.39, 0.29) is 5.91 Å². The van der Waals surface area contributed by atoms with E-state index in [9.17, 15) is 4.79 Å². The predicted molar refractivity (Wildman–Crippen MR) is 75.2 cm³/mol. The first-order valence-corrected chi connectivity index (χ1v) is 7.29. The molecule has 19 heavy (non-hydrogen) atoms. The van der Waals surface area contributed by atoms with Crippen LogP contribution < -0.4 is 0 Å². The Hall–Kier alpha value is -1.36. The molecule has 1 amide bonds. The Morgan fingerprint density at radius 2 is 1.84 bits per heavy atom. The minimum absolute atomic E-state index is 0.127. The molecule has 0 N–H and O–H groups in total. The highest BCUT2D eigenvalue weighted by Crippen LogP contribution is 2.09. The van der Waals surface area contributed by atoms with E-state index in [4.69, 9.17) is 0 Å². The molecule has 0 radical (unpaired) electrons. The number of hydrogen-bond donors (Lipinski definition) is 0. The summed E-state index contributed by atoms with van der Waals surface area (Å²) in [6.07, 6.45) is 3.89. The van der Waals surface area contributed by atoms with E-state index < -0.39 is 0 Å². The number of amides is 1. The number of piperazine rings is 1. The highest BCUT2D eigenvalue weighted by Gasteiger charge is 2.23. The third-order valence-electron chi connectivity index (χ3n) is 3.57. The van der Waals surface area contributed by atoms with Crippen LogP contribution in [-0.4, -0.2) is 58.2 Å². The summed E-state index contributed by atoms with van der Waals surface area (Å²) in [6, 6.07) is 1.83. The SMILES string of the molecule is CCCN1CCN(C(=O)c2ccnn2CCC)CC1. The summed E-state index contributed by atoms with van der Waals surface area (Å²) in [6.45, 7) is 9.87. The van der Waals surface area contributed by atoms with Gasteiger partial charge in [0.05, 0.1) is 0 Å². The summed E-state index contributed by atoms with van der Waals surface area (Å²) in [4.78, 5) is 16.8. The summed E-state index contributed by atoms with van der Waals surface area (Å²) in [5, 5.41) is 4.22. The van der Waals surface area contributed by atoms with Gasteiger partial charge in [0.15, 0.2) is 0 Å². The molecule has 0 bridgehead atoms. The smallest absolute Gasteiger partial charge is 0.272 e. The molecule has 0 unspecified atom stereocenters. The third kappa shape index (κ3) is 3.35. The van der Waals surface area contributed by atoms with Gasteiger partial charge in [-0.05, 0) is 25.5 Å². The van der Waals surface area contributed by atoms with Gasteiger partial charge in [0.1, 0.15) is 5.69 Å². The largest absolute Gasteiger partial charge is 0.335 e. The second-order valence-corrected chi connectivity index (χ2v) is 5.07. The Morgan fingerprint density at radius 3 is 2.47 bits per heavy atom. The molecule has 2 rings (SSSR count). The molecular weight excluding hydrogens is 240 g/mol. The zero-order valence-corrected chi connectivity index (χ0v) is 12.0. The number of hydrogen-bond acceptors (Lipinski definition) is 3. The number of carbonyl (C=O) groups excluding carboxylic acids is 1. The van der Waals surface area contributed by atoms with E-state index in [1.807, 2.05) is 15.6 Å². The van der Waals surface area contributed by atoms with Gasteiger partial charge in [0, 0.05) is 38.9 Å². The summed E-state index contributed by atoms with van der Waals surface area (Å²) >= 11 is 0. The molecule has 0 aromatic carbocycles. The molecule has 1 aromatic heterocycles. The van der Waals surface area contributed by atoms with Gasteiger partial charge < -0.3 is 4.90 Å². The number of rotatable bonds is 5. The van der Waals surface area contributed by atoms with Crippen LogP contribution in [0.3, 0.4) is 0 Å². The summed E-state index contributed by atoms with van der Waals surface area (Å²) in [7, 11) is 0. The monoisotopic (exact) mass is 264 g/mol. The van der Waals surface area contributed by atoms with Crippen LogP contribution in [0.5, 0.6) is 0 Å². The molecule has 5 heteroatoms. The summed E-state index contributed by atoms with van der Waals surface area (Å²) in [5.74, 6) is 0.127. The Morgan fingerprint density at radius 1 is 1.16 bits per heavy atom. The zero-order chi connectivity index (χ0) is 13.7. The Kier molecular flexibility index (Phi) is 4.96. The van der Waals surface area contributed by atoms with Crippen molar-refractivity contribution in [3.8, 4) is 0 Å². The lowest BCUT2D eigenvalue weighted by molar-refractivity contribution is 0.0625. The second-order valence-electron chi connectivity index (χ2n) is 5.07. The van der Waals surface area contributed by atoms with E-state index in [2.05, 4.69) is 23.8 Å². The fraction of sp³-hybridized carbons (Fsp3) is 0.714. The normalized spacial score (nSPS) is 16.8. The van der Waals surface area contributed by atoms with Gasteiger partial charge in [0.25, 0.3) is 5.91 Å². The minimum Gasteiger partial charge on any atom is -0.335 e. The summed E-state index contributed by atoms with van der Waals surface area (Å²) < 4.78 is 1.82. The molecule has 1 aliphatic rings. The van der Waals surface area contributed by atoms with Crippen LogP contribution in [-0.2, 0) is 6.54 Å². The van der Waals surface area contributed by atoms with Crippen LogP contribution in [0.25, 0.3) is 0 Å². The van der Waals surface area contributed by atoms with Gasteiger partial charge in [-0.1, -0.05) is 13.8 Å².